The van der Waals surface area contributed by atoms with E-state index in [0.29, 0.717) is 0 Å². The molecule has 4 rings (SSSR count). The Morgan fingerprint density at radius 2 is 1.95 bits per heavy atom. The Hall–Kier alpha value is -3.96. The van der Waals surface area contributed by atoms with Gasteiger partial charge in [-0.1, -0.05) is 19.0 Å². The number of nitrogens with zero attached hydrogens (tertiary/aromatic N) is 6. The summed E-state index contributed by atoms with van der Waals surface area (Å²) in [4.78, 5) is 29.6. The molecule has 3 amide bonds. The fraction of sp³-hybridized carbons (Fsp3) is 0.545. The van der Waals surface area contributed by atoms with Crippen LogP contribution in [0.1, 0.15) is 59.7 Å². The van der Waals surface area contributed by atoms with Gasteiger partial charge in [0.1, 0.15) is 11.7 Å². The molecule has 0 radical (unpaired) electrons. The second-order valence-electron chi connectivity index (χ2n) is 9.93. The summed E-state index contributed by atoms with van der Waals surface area (Å²) in [5, 5.41) is 13.1. The number of alkyl halides is 6. The molecule has 18 heteroatoms. The van der Waals surface area contributed by atoms with Crippen molar-refractivity contribution in [2.24, 2.45) is 11.1 Å². The maximum Gasteiger partial charge on any atom is 0.410 e. The Kier molecular flexibility index (Phi) is 7.42. The van der Waals surface area contributed by atoms with E-state index < -0.39 is 66.4 Å². The zero-order valence-electron chi connectivity index (χ0n) is 21.2. The lowest BCUT2D eigenvalue weighted by Gasteiger charge is -2.30. The third kappa shape index (κ3) is 5.52. The number of fused-ring (bicyclic) bond motifs is 1. The van der Waals surface area contributed by atoms with Crippen LogP contribution in [0.4, 0.5) is 31.1 Å². The van der Waals surface area contributed by atoms with Gasteiger partial charge in [0.15, 0.2) is 11.3 Å². The first-order valence-electron chi connectivity index (χ1n) is 11.7. The standard InChI is InChI=1S/C22H24F6N8O4/c1-20(2,22(26,27)28)5-11(16-17(18(29)37)34-40-33-16)12-7-36-15(31-12)4-10(6-30-36)13(9-39-3)35-8-14(21(23,24)25)32-19(35)38/h4,6-7,11,13-14H,5,8-9H2,1-3H3,(H2,29,37)(H,32,38)/t11-,13+,14-/m0/s1. The number of carbonyl (C=O) groups excluding carboxylic acids is 2. The highest BCUT2D eigenvalue weighted by molar-refractivity contribution is 5.91. The highest BCUT2D eigenvalue weighted by Crippen LogP contribution is 2.46. The van der Waals surface area contributed by atoms with Gasteiger partial charge >= 0.3 is 18.4 Å². The number of methoxy groups -OCH3 is 1. The Morgan fingerprint density at radius 1 is 1.25 bits per heavy atom. The number of carbonyl (C=O) groups is 2. The normalized spacial score (nSPS) is 18.3. The number of hydrogen-bond donors (Lipinski definition) is 2. The molecule has 0 spiro atoms. The lowest BCUT2D eigenvalue weighted by atomic mass is 9.79. The van der Waals surface area contributed by atoms with Gasteiger partial charge in [-0.2, -0.15) is 31.4 Å². The summed E-state index contributed by atoms with van der Waals surface area (Å²) in [6.07, 6.45) is -7.35. The smallest absolute Gasteiger partial charge is 0.382 e. The Morgan fingerprint density at radius 3 is 2.52 bits per heavy atom. The number of ether oxygens (including phenoxy) is 1. The van der Waals surface area contributed by atoms with Crippen LogP contribution in [-0.2, 0) is 4.74 Å². The molecule has 0 aliphatic carbocycles. The summed E-state index contributed by atoms with van der Waals surface area (Å²) in [6, 6.07) is -2.62. The highest BCUT2D eigenvalue weighted by atomic mass is 19.4. The van der Waals surface area contributed by atoms with Crippen LogP contribution in [0.15, 0.2) is 23.1 Å². The zero-order valence-corrected chi connectivity index (χ0v) is 21.2. The lowest BCUT2D eigenvalue weighted by molar-refractivity contribution is -0.214. The first-order chi connectivity index (χ1) is 18.5. The van der Waals surface area contributed by atoms with Gasteiger partial charge in [-0.25, -0.2) is 18.9 Å². The van der Waals surface area contributed by atoms with Crippen LogP contribution in [0.25, 0.3) is 5.65 Å². The van der Waals surface area contributed by atoms with E-state index >= 15 is 0 Å². The maximum absolute atomic E-state index is 13.8. The zero-order chi connectivity index (χ0) is 29.6. The molecule has 1 aliphatic heterocycles. The first kappa shape index (κ1) is 29.0. The van der Waals surface area contributed by atoms with Crippen LogP contribution in [0.5, 0.6) is 0 Å². The summed E-state index contributed by atoms with van der Waals surface area (Å²) in [5.74, 6) is -2.33. The largest absolute Gasteiger partial charge is 0.410 e. The van der Waals surface area contributed by atoms with Crippen LogP contribution in [-0.4, -0.2) is 80.4 Å². The van der Waals surface area contributed by atoms with Crippen molar-refractivity contribution >= 4 is 17.6 Å². The molecule has 3 atom stereocenters. The third-order valence-electron chi connectivity index (χ3n) is 6.69. The molecule has 1 aliphatic rings. The van der Waals surface area contributed by atoms with Crippen LogP contribution in [0.2, 0.25) is 0 Å². The monoisotopic (exact) mass is 578 g/mol. The number of hydrogen-bond acceptors (Lipinski definition) is 8. The molecule has 1 saturated heterocycles. The van der Waals surface area contributed by atoms with Crippen molar-refractivity contribution in [1.29, 1.82) is 0 Å². The van der Waals surface area contributed by atoms with Crippen molar-refractivity contribution in [2.45, 2.75) is 50.6 Å². The van der Waals surface area contributed by atoms with Crippen LogP contribution in [0.3, 0.4) is 0 Å². The molecule has 3 N–H and O–H groups in total. The molecule has 4 heterocycles. The number of halogens is 6. The molecular weight excluding hydrogens is 554 g/mol. The van der Waals surface area contributed by atoms with Gasteiger partial charge in [-0.05, 0) is 17.6 Å². The fourth-order valence-corrected chi connectivity index (χ4v) is 4.36. The average Bonchev–Trinajstić information content (AvgIpc) is 3.57. The second-order valence-corrected chi connectivity index (χ2v) is 9.93. The van der Waals surface area contributed by atoms with Gasteiger partial charge in [0.25, 0.3) is 5.91 Å². The van der Waals surface area contributed by atoms with Gasteiger partial charge in [0.05, 0.1) is 48.6 Å². The van der Waals surface area contributed by atoms with E-state index in [2.05, 4.69) is 25.0 Å². The van der Waals surface area contributed by atoms with Gasteiger partial charge in [0, 0.05) is 12.7 Å². The van der Waals surface area contributed by atoms with E-state index in [0.717, 1.165) is 18.7 Å². The summed E-state index contributed by atoms with van der Waals surface area (Å²) in [7, 11) is 1.30. The minimum atomic E-state index is -4.67. The number of aromatic nitrogens is 5. The summed E-state index contributed by atoms with van der Waals surface area (Å²) in [5.41, 5.74) is 2.68. The molecule has 218 valence electrons. The van der Waals surface area contributed by atoms with E-state index in [1.807, 2.05) is 5.32 Å². The third-order valence-corrected chi connectivity index (χ3v) is 6.69. The molecular formula is C22H24F6N8O4. The number of imidazole rings is 1. The second kappa shape index (κ2) is 10.2. The van der Waals surface area contributed by atoms with E-state index in [4.69, 9.17) is 10.5 Å². The minimum Gasteiger partial charge on any atom is -0.382 e. The summed E-state index contributed by atoms with van der Waals surface area (Å²) >= 11 is 0. The molecule has 12 nitrogen and oxygen atoms in total. The fourth-order valence-electron chi connectivity index (χ4n) is 4.36. The Balaban J connectivity index is 1.74. The number of rotatable bonds is 9. The van der Waals surface area contributed by atoms with E-state index in [1.165, 1.54) is 30.1 Å². The maximum atomic E-state index is 13.8. The summed E-state index contributed by atoms with van der Waals surface area (Å²) in [6.45, 7) is 1.08. The van der Waals surface area contributed by atoms with Crippen molar-refractivity contribution < 1.29 is 45.3 Å². The first-order valence-corrected chi connectivity index (χ1v) is 11.7. The number of urea groups is 1. The molecule has 0 bridgehead atoms. The molecule has 0 aromatic carbocycles. The number of nitrogens with two attached hydrogens (primary N) is 1. The van der Waals surface area contributed by atoms with Gasteiger partial charge in [-0.3, -0.25) is 4.79 Å². The van der Waals surface area contributed by atoms with E-state index in [9.17, 15) is 35.9 Å². The predicted octanol–water partition coefficient (Wildman–Crippen LogP) is 2.97. The summed E-state index contributed by atoms with van der Waals surface area (Å²) < 4.78 is 92.0. The van der Waals surface area contributed by atoms with Gasteiger partial charge < -0.3 is 20.7 Å². The van der Waals surface area contributed by atoms with Crippen molar-refractivity contribution in [2.75, 3.05) is 20.3 Å². The molecule has 40 heavy (non-hydrogen) atoms. The number of amides is 3. The lowest BCUT2D eigenvalue weighted by Crippen LogP contribution is -2.40. The SMILES string of the molecule is COC[C@H](c1cnn2cc([C@H](CC(C)(C)C(F)(F)F)c3nonc3C(N)=O)nc2c1)N1C[C@@H](C(F)(F)F)NC1=O. The number of nitrogens with one attached hydrogen (secondary N) is 1. The topological polar surface area (TPSA) is 154 Å². The van der Waals surface area contributed by atoms with Crippen molar-refractivity contribution in [1.82, 2.24) is 35.1 Å². The van der Waals surface area contributed by atoms with Crippen molar-refractivity contribution in [3.05, 3.63) is 41.1 Å². The molecule has 3 aromatic heterocycles. The average molecular weight is 578 g/mol. The Labute approximate surface area is 221 Å². The molecule has 3 aromatic rings. The van der Waals surface area contributed by atoms with E-state index in [1.54, 1.807) is 0 Å². The van der Waals surface area contributed by atoms with Crippen molar-refractivity contribution in [3.8, 4) is 0 Å². The predicted molar refractivity (Wildman–Crippen MR) is 122 cm³/mol. The van der Waals surface area contributed by atoms with Crippen LogP contribution >= 0.6 is 0 Å². The quantitative estimate of drug-likeness (QED) is 0.368. The van der Waals surface area contributed by atoms with Gasteiger partial charge in [-0.15, -0.1) is 0 Å². The molecule has 0 saturated carbocycles. The van der Waals surface area contributed by atoms with Crippen LogP contribution < -0.4 is 11.1 Å². The van der Waals surface area contributed by atoms with Gasteiger partial charge in [0.2, 0.25) is 0 Å². The van der Waals surface area contributed by atoms with Crippen molar-refractivity contribution in [3.63, 3.8) is 0 Å². The van der Waals surface area contributed by atoms with E-state index in [-0.39, 0.29) is 29.2 Å². The molecule has 1 fully saturated rings. The minimum absolute atomic E-state index is 0.0134. The Bertz CT molecular complexity index is 1400. The van der Waals surface area contributed by atoms with Crippen LogP contribution in [0, 0.1) is 5.41 Å². The highest BCUT2D eigenvalue weighted by Gasteiger charge is 2.50. The molecule has 0 unspecified atom stereocenters. The number of primary amides is 1.